The first-order valence-corrected chi connectivity index (χ1v) is 14.8. The summed E-state index contributed by atoms with van der Waals surface area (Å²) in [5, 5.41) is 8.99. The number of hydrogen-bond acceptors (Lipinski definition) is 4. The molecule has 6 atom stereocenters. The normalized spacial score (nSPS) is 30.8. The van der Waals surface area contributed by atoms with Gasteiger partial charge < -0.3 is 9.84 Å². The molecule has 1 N–H and O–H groups in total. The van der Waals surface area contributed by atoms with E-state index in [1.54, 1.807) is 0 Å². The smallest absolute Gasteiger partial charge is 0.308 e. The van der Waals surface area contributed by atoms with Gasteiger partial charge in [-0.1, -0.05) is 51.0 Å². The molecule has 4 rings (SSSR count). The van der Waals surface area contributed by atoms with E-state index in [2.05, 4.69) is 67.5 Å². The van der Waals surface area contributed by atoms with E-state index in [4.69, 9.17) is 21.4 Å². The van der Waals surface area contributed by atoms with Gasteiger partial charge in [0.05, 0.1) is 12.5 Å². The lowest BCUT2D eigenvalue weighted by molar-refractivity contribution is -0.147. The van der Waals surface area contributed by atoms with E-state index in [0.29, 0.717) is 19.1 Å². The predicted octanol–water partition coefficient (Wildman–Crippen LogP) is 8.12. The van der Waals surface area contributed by atoms with Gasteiger partial charge in [-0.15, -0.1) is 0 Å². The standard InChI is InChI=1S/C16H26O2.C12H22O.C4H5ClO/c1-11(2)5-6-12(3)14-9-16(14,4)10-18-15(17)13-7-8-13;1-9(2)5-6-10(3)11-7-12(11,4)8-13;5-4(6)3-1-2-3/h5,12-14H,6-10H2,1-4H3;5,10-11,13H,6-8H2,1-4H3;3H,1-2H2/t12-,14-,16-;10-,11-,12-;/m11./s1. The molecule has 0 aromatic rings. The Morgan fingerprint density at radius 3 is 1.62 bits per heavy atom. The van der Waals surface area contributed by atoms with Crippen LogP contribution in [0.1, 0.15) is 107 Å². The molecule has 0 unspecified atom stereocenters. The molecule has 0 bridgehead atoms. The lowest BCUT2D eigenvalue weighted by Crippen LogP contribution is -2.17. The SMILES string of the molecule is CC(C)=CC[C@@H](C)[C@H]1C[C@]1(C)CO.CC(C)=CC[C@@H](C)[C@H]1C[C@]1(C)COC(=O)C1CC1.O=C(Cl)C1CC1. The quantitative estimate of drug-likeness (QED) is 0.164. The predicted molar refractivity (Wildman–Crippen MR) is 153 cm³/mol. The van der Waals surface area contributed by atoms with Gasteiger partial charge in [-0.2, -0.15) is 0 Å². The highest BCUT2D eigenvalue weighted by Gasteiger charge is 2.53. The van der Waals surface area contributed by atoms with Crippen molar-refractivity contribution in [3.63, 3.8) is 0 Å². The lowest BCUT2D eigenvalue weighted by Gasteiger charge is -2.15. The van der Waals surface area contributed by atoms with E-state index in [9.17, 15) is 9.59 Å². The minimum atomic E-state index is -0.157. The van der Waals surface area contributed by atoms with Crippen LogP contribution in [-0.4, -0.2) is 29.5 Å². The van der Waals surface area contributed by atoms with Crippen molar-refractivity contribution in [2.45, 2.75) is 107 Å². The third kappa shape index (κ3) is 11.2. The Balaban J connectivity index is 0.000000220. The van der Waals surface area contributed by atoms with Gasteiger partial charge in [-0.3, -0.25) is 9.59 Å². The zero-order chi connectivity index (χ0) is 28.0. The first-order valence-electron chi connectivity index (χ1n) is 14.5. The average Bonchev–Trinajstić information content (AvgIpc) is 3.67. The molecule has 0 aromatic carbocycles. The zero-order valence-electron chi connectivity index (χ0n) is 24.7. The topological polar surface area (TPSA) is 63.6 Å². The van der Waals surface area contributed by atoms with Crippen LogP contribution in [0.3, 0.4) is 0 Å². The average molecular weight is 537 g/mol. The largest absolute Gasteiger partial charge is 0.465 e. The summed E-state index contributed by atoms with van der Waals surface area (Å²) in [4.78, 5) is 21.5. The van der Waals surface area contributed by atoms with E-state index < -0.39 is 0 Å². The molecule has 0 amide bonds. The van der Waals surface area contributed by atoms with Crippen molar-refractivity contribution in [3.8, 4) is 0 Å². The molecule has 0 saturated heterocycles. The molecule has 0 heterocycles. The number of rotatable bonds is 11. The fraction of sp³-hybridized carbons (Fsp3) is 0.812. The number of carbonyl (C=O) groups excluding carboxylic acids is 2. The molecule has 4 aliphatic carbocycles. The molecule has 5 heteroatoms. The van der Waals surface area contributed by atoms with Gasteiger partial charge in [0.1, 0.15) is 0 Å². The molecule has 37 heavy (non-hydrogen) atoms. The van der Waals surface area contributed by atoms with Crippen molar-refractivity contribution in [3.05, 3.63) is 23.3 Å². The van der Waals surface area contributed by atoms with Crippen LogP contribution in [0.5, 0.6) is 0 Å². The number of aliphatic hydroxyl groups is 1. The van der Waals surface area contributed by atoms with Gasteiger partial charge >= 0.3 is 5.97 Å². The molecule has 0 aliphatic heterocycles. The summed E-state index contributed by atoms with van der Waals surface area (Å²) in [6.07, 6.45) is 13.5. The summed E-state index contributed by atoms with van der Waals surface area (Å²) in [6, 6.07) is 0. The van der Waals surface area contributed by atoms with Crippen molar-refractivity contribution >= 4 is 22.8 Å². The molecule has 212 valence electrons. The second-order valence-electron chi connectivity index (χ2n) is 13.5. The first kappa shape index (κ1) is 32.1. The molecule has 4 saturated carbocycles. The lowest BCUT2D eigenvalue weighted by atomic mass is 9.94. The Bertz CT molecular complexity index is 832. The van der Waals surface area contributed by atoms with E-state index in [1.807, 2.05) is 0 Å². The summed E-state index contributed by atoms with van der Waals surface area (Å²) >= 11 is 5.04. The summed E-state index contributed by atoms with van der Waals surface area (Å²) in [5.41, 5.74) is 3.29. The Morgan fingerprint density at radius 1 is 0.865 bits per heavy atom. The first-order chi connectivity index (χ1) is 17.2. The van der Waals surface area contributed by atoms with Gasteiger partial charge in [0, 0.05) is 17.9 Å². The molecule has 0 spiro atoms. The highest BCUT2D eigenvalue weighted by molar-refractivity contribution is 6.64. The number of aliphatic hydroxyl groups excluding tert-OH is 1. The van der Waals surface area contributed by atoms with E-state index >= 15 is 0 Å². The Labute approximate surface area is 231 Å². The van der Waals surface area contributed by atoms with Gasteiger partial charge in [0.15, 0.2) is 0 Å². The van der Waals surface area contributed by atoms with Crippen molar-refractivity contribution in [1.29, 1.82) is 0 Å². The van der Waals surface area contributed by atoms with Crippen molar-refractivity contribution in [1.82, 2.24) is 0 Å². The van der Waals surface area contributed by atoms with Gasteiger partial charge in [-0.25, -0.2) is 0 Å². The van der Waals surface area contributed by atoms with E-state index in [-0.39, 0.29) is 33.9 Å². The number of halogens is 1. The molecule has 4 aliphatic rings. The molecular weight excluding hydrogens is 484 g/mol. The van der Waals surface area contributed by atoms with Crippen LogP contribution in [-0.2, 0) is 14.3 Å². The molecule has 4 fully saturated rings. The number of allylic oxidation sites excluding steroid dienone is 4. The number of hydrogen-bond donors (Lipinski definition) is 1. The van der Waals surface area contributed by atoms with Gasteiger partial charge in [-0.05, 0) is 120 Å². The highest BCUT2D eigenvalue weighted by Crippen LogP contribution is 2.57. The maximum atomic E-state index is 11.5. The molecule has 0 radical (unpaired) electrons. The molecule has 0 aromatic heterocycles. The Hall–Kier alpha value is -1.13. The van der Waals surface area contributed by atoms with Crippen LogP contribution in [0.15, 0.2) is 23.3 Å². The number of carbonyl (C=O) groups is 2. The van der Waals surface area contributed by atoms with Crippen LogP contribution in [0.25, 0.3) is 0 Å². The highest BCUT2D eigenvalue weighted by atomic mass is 35.5. The fourth-order valence-corrected chi connectivity index (χ4v) is 5.38. The third-order valence-corrected chi connectivity index (χ3v) is 9.04. The Morgan fingerprint density at radius 2 is 1.30 bits per heavy atom. The minimum absolute atomic E-state index is 0.0406. The molecule has 4 nitrogen and oxygen atoms in total. The maximum Gasteiger partial charge on any atom is 0.308 e. The van der Waals surface area contributed by atoms with Crippen molar-refractivity contribution in [2.24, 2.45) is 46.3 Å². The van der Waals surface area contributed by atoms with Crippen molar-refractivity contribution in [2.75, 3.05) is 13.2 Å². The van der Waals surface area contributed by atoms with Gasteiger partial charge in [0.2, 0.25) is 5.24 Å². The van der Waals surface area contributed by atoms with Crippen LogP contribution in [0.4, 0.5) is 0 Å². The van der Waals surface area contributed by atoms with Crippen LogP contribution < -0.4 is 0 Å². The summed E-state index contributed by atoms with van der Waals surface area (Å²) in [5.74, 6) is 3.39. The van der Waals surface area contributed by atoms with Crippen molar-refractivity contribution < 1.29 is 19.4 Å². The summed E-state index contributed by atoms with van der Waals surface area (Å²) in [7, 11) is 0. The summed E-state index contributed by atoms with van der Waals surface area (Å²) in [6.45, 7) is 18.6. The van der Waals surface area contributed by atoms with Crippen LogP contribution in [0.2, 0.25) is 0 Å². The van der Waals surface area contributed by atoms with Gasteiger partial charge in [0.25, 0.3) is 0 Å². The Kier molecular flexibility index (Phi) is 12.0. The third-order valence-electron chi connectivity index (χ3n) is 8.73. The summed E-state index contributed by atoms with van der Waals surface area (Å²) < 4.78 is 5.44. The molecular formula is C32H53ClO4. The van der Waals surface area contributed by atoms with E-state index in [1.165, 1.54) is 30.4 Å². The fourth-order valence-electron chi connectivity index (χ4n) is 5.17. The second-order valence-corrected chi connectivity index (χ2v) is 13.9. The second kappa shape index (κ2) is 13.8. The number of esters is 1. The zero-order valence-corrected chi connectivity index (χ0v) is 25.5. The number of ether oxygens (including phenoxy) is 1. The minimum Gasteiger partial charge on any atom is -0.465 e. The van der Waals surface area contributed by atoms with E-state index in [0.717, 1.165) is 49.9 Å². The van der Waals surface area contributed by atoms with Crippen LogP contribution >= 0.6 is 11.6 Å². The monoisotopic (exact) mass is 536 g/mol. The maximum absolute atomic E-state index is 11.5. The van der Waals surface area contributed by atoms with Crippen LogP contribution in [0, 0.1) is 46.3 Å².